The van der Waals surface area contributed by atoms with Gasteiger partial charge in [0.05, 0.1) is 15.6 Å². The van der Waals surface area contributed by atoms with E-state index in [0.29, 0.717) is 153 Å². The summed E-state index contributed by atoms with van der Waals surface area (Å²) < 4.78 is 148. The molecule has 15 rings (SSSR count). The predicted molar refractivity (Wildman–Crippen MR) is 494 cm³/mol. The van der Waals surface area contributed by atoms with Crippen molar-refractivity contribution in [3.05, 3.63) is 306 Å². The van der Waals surface area contributed by atoms with E-state index in [-0.39, 0.29) is 47.0 Å². The molecule has 0 aliphatic heterocycles. The molecule has 5 aromatic heterocycles. The number of benzene rings is 10. The standard InChI is InChI=1S/C18H16ClF3N4O.C17H13BrClF3N4O.C17H14ClF3N4OS.C17H17ClN4OS.C16H13Br2ClN4O/c1-10-6-12(18(20,21)22)8-13(7-10)27-16-5-3-4-15(19)14(16)9-23-17-24-11(2)25-26-17;1-9-24-16(26-25-9)23-8-11-13(19)3-2-4-14(11)27-15-6-5-10(18)7-12(15)17(20,21)22;1-10-23-16(25-24-10)22-9-13-14(18)3-2-4-15(13)26-11-5-7-12(8-6-11)27-17(19,20)21;1-11-20-17(22-21-11)19-10-14-15(18)4-3-5-16(14)23-12-6-8-13(24-2)9-7-12;1-9-21-16(23-22-9)20-8-11-13(19)3-2-4-14(11)24-15-6-5-10(17)7-12(15)18/h3-8H,9H2,1-2H3,(H2,23,24,25,26);2-7H,8H2,1H3,(H2,23,24,25,26);2-8H,9H2,1H3,(H2,22,23,24,25);3-9H,10H2,1-2H3,(H2,19,20,21,22);2-7H,8H2,1H3,(H2,20,21,22,23). The van der Waals surface area contributed by atoms with E-state index < -0.39 is 29.0 Å². The van der Waals surface area contributed by atoms with Crippen molar-refractivity contribution >= 4 is 159 Å². The van der Waals surface area contributed by atoms with E-state index in [0.717, 1.165) is 55.7 Å². The normalized spacial score (nSPS) is 11.2. The number of thioether (sulfide) groups is 2. The molecule has 0 atom stereocenters. The maximum Gasteiger partial charge on any atom is 0.446 e. The number of nitrogens with one attached hydrogen (secondary N) is 10. The quantitative estimate of drug-likeness (QED) is 0.0169. The van der Waals surface area contributed by atoms with Gasteiger partial charge in [0.1, 0.15) is 86.6 Å². The van der Waals surface area contributed by atoms with Gasteiger partial charge >= 0.3 is 17.9 Å². The van der Waals surface area contributed by atoms with E-state index in [1.165, 1.54) is 47.4 Å². The number of ether oxygens (including phenoxy) is 5. The maximum atomic E-state index is 13.3. The van der Waals surface area contributed by atoms with Crippen molar-refractivity contribution in [2.75, 3.05) is 32.8 Å². The zero-order valence-corrected chi connectivity index (χ0v) is 78.4. The van der Waals surface area contributed by atoms with Crippen LogP contribution in [0.1, 0.15) is 73.6 Å². The SMILES string of the molecule is CSc1ccc(Oc2cccc(Cl)c2CNc2n[nH]c(C)n2)cc1.Cc1cc(Oc2cccc(Cl)c2CNc2n[nH]c(C)n2)cc(C(F)(F)F)c1.Cc1nc(NCc2c(Cl)cccc2Oc2ccc(Br)cc2Br)n[nH]1.Cc1nc(NCc2c(Cl)cccc2Oc2ccc(Br)cc2C(F)(F)F)n[nH]1.Cc1nc(NCc2c(Cl)cccc2Oc2ccc(SC(F)(F)F)cc2)n[nH]1. The van der Waals surface area contributed by atoms with Gasteiger partial charge in [-0.1, -0.05) is 120 Å². The summed E-state index contributed by atoms with van der Waals surface area (Å²) in [4.78, 5) is 22.1. The van der Waals surface area contributed by atoms with Gasteiger partial charge in [-0.25, -0.2) is 0 Å². The van der Waals surface area contributed by atoms with Crippen LogP contribution in [-0.2, 0) is 45.1 Å². The molecule has 44 heteroatoms. The Morgan fingerprint density at radius 3 is 0.946 bits per heavy atom. The van der Waals surface area contributed by atoms with Crippen molar-refractivity contribution in [2.45, 2.75) is 102 Å². The fourth-order valence-corrected chi connectivity index (χ4v) is 14.9. The van der Waals surface area contributed by atoms with Crippen LogP contribution in [0.3, 0.4) is 0 Å². The van der Waals surface area contributed by atoms with Crippen molar-refractivity contribution in [3.8, 4) is 57.5 Å². The Bertz CT molecular complexity index is 6260. The van der Waals surface area contributed by atoms with Gasteiger partial charge in [-0.2, -0.15) is 64.4 Å². The molecule has 0 aliphatic carbocycles. The van der Waals surface area contributed by atoms with E-state index in [1.807, 2.05) is 99.0 Å². The maximum absolute atomic E-state index is 13.3. The van der Waals surface area contributed by atoms with Gasteiger partial charge in [0, 0.05) is 104 Å². The van der Waals surface area contributed by atoms with Crippen LogP contribution >= 0.6 is 129 Å². The van der Waals surface area contributed by atoms with Crippen LogP contribution < -0.4 is 50.3 Å². The molecule has 0 fully saturated rings. The Hall–Kier alpha value is -11.1. The molecule has 0 spiro atoms. The first-order valence-electron chi connectivity index (χ1n) is 37.9. The molecule has 0 saturated heterocycles. The molecule has 0 amide bonds. The smallest absolute Gasteiger partial charge is 0.446 e. The lowest BCUT2D eigenvalue weighted by atomic mass is 10.1. The Labute approximate surface area is 790 Å². The third kappa shape index (κ3) is 30.2. The van der Waals surface area contributed by atoms with Crippen molar-refractivity contribution in [2.24, 2.45) is 0 Å². The lowest BCUT2D eigenvalue weighted by Gasteiger charge is -2.17. The first-order valence-corrected chi connectivity index (χ1v) is 44.2. The van der Waals surface area contributed by atoms with Crippen LogP contribution in [0.15, 0.2) is 217 Å². The van der Waals surface area contributed by atoms with Gasteiger partial charge < -0.3 is 50.3 Å². The van der Waals surface area contributed by atoms with E-state index in [9.17, 15) is 39.5 Å². The minimum absolute atomic E-state index is 0.0829. The fourth-order valence-electron chi connectivity index (χ4n) is 11.3. The molecule has 25 nitrogen and oxygen atoms in total. The van der Waals surface area contributed by atoms with Gasteiger partial charge in [0.15, 0.2) is 0 Å². The number of rotatable bonds is 27. The summed E-state index contributed by atoms with van der Waals surface area (Å²) in [5, 5.41) is 51.5. The van der Waals surface area contributed by atoms with E-state index in [2.05, 4.69) is 150 Å². The largest absolute Gasteiger partial charge is 0.457 e. The van der Waals surface area contributed by atoms with Crippen molar-refractivity contribution in [1.29, 1.82) is 0 Å². The first-order chi connectivity index (χ1) is 61.4. The fraction of sp³-hybridized carbons (Fsp3) is 0.176. The third-order valence-corrected chi connectivity index (χ3v) is 22.1. The summed E-state index contributed by atoms with van der Waals surface area (Å²) >= 11 is 42.9. The van der Waals surface area contributed by atoms with Crippen LogP contribution in [-0.4, -0.2) is 87.7 Å². The van der Waals surface area contributed by atoms with Gasteiger partial charge in [0.25, 0.3) is 0 Å². The summed E-state index contributed by atoms with van der Waals surface area (Å²) in [6.45, 7) is 12.2. The second-order valence-electron chi connectivity index (χ2n) is 27.0. The summed E-state index contributed by atoms with van der Waals surface area (Å²) in [7, 11) is 0. The van der Waals surface area contributed by atoms with Crippen LogP contribution in [0.2, 0.25) is 25.1 Å². The lowest BCUT2D eigenvalue weighted by molar-refractivity contribution is -0.139. The highest BCUT2D eigenvalue weighted by atomic mass is 79.9. The van der Waals surface area contributed by atoms with Gasteiger partial charge in [-0.3, -0.25) is 25.5 Å². The van der Waals surface area contributed by atoms with Crippen LogP contribution in [0.4, 0.5) is 69.3 Å². The minimum atomic E-state index is -4.56. The zero-order valence-electron chi connectivity index (χ0n) is 68.3. The summed E-state index contributed by atoms with van der Waals surface area (Å²) in [5.41, 5.74) is -2.11. The average molecular weight is 2110 g/mol. The number of halogens is 17. The van der Waals surface area contributed by atoms with Crippen LogP contribution in [0, 0.1) is 41.5 Å². The zero-order chi connectivity index (χ0) is 92.7. The number of hydrogen-bond acceptors (Lipinski definition) is 22. The van der Waals surface area contributed by atoms with Crippen LogP contribution in [0.25, 0.3) is 0 Å². The highest BCUT2D eigenvalue weighted by Gasteiger charge is 2.36. The van der Waals surface area contributed by atoms with E-state index in [4.69, 9.17) is 81.7 Å². The number of alkyl halides is 9. The molecule has 0 aliphatic rings. The number of hydrogen-bond donors (Lipinski definition) is 10. The van der Waals surface area contributed by atoms with Gasteiger partial charge in [0.2, 0.25) is 29.7 Å². The van der Waals surface area contributed by atoms with Crippen LogP contribution in [0.5, 0.6) is 57.5 Å². The highest BCUT2D eigenvalue weighted by molar-refractivity contribution is 9.11. The molecule has 10 N–H and O–H groups in total. The highest BCUT2D eigenvalue weighted by Crippen LogP contribution is 2.45. The summed E-state index contributed by atoms with van der Waals surface area (Å²) in [5.74, 6) is 9.69. The van der Waals surface area contributed by atoms with Crippen molar-refractivity contribution in [1.82, 2.24) is 75.9 Å². The molecule has 5 heterocycles. The second kappa shape index (κ2) is 45.9. The molecule has 10 aromatic carbocycles. The number of aromatic amines is 5. The molecular formula is C85H73Br3Cl5F9N20O5S2. The number of aryl methyl sites for hydroxylation is 6. The molecule has 129 heavy (non-hydrogen) atoms. The Morgan fingerprint density at radius 1 is 0.333 bits per heavy atom. The van der Waals surface area contributed by atoms with E-state index >= 15 is 0 Å². The number of nitrogens with zero attached hydrogens (tertiary/aromatic N) is 10. The monoisotopic (exact) mass is 2100 g/mol. The molecular weight excluding hydrogens is 2030 g/mol. The molecule has 674 valence electrons. The van der Waals surface area contributed by atoms with Crippen molar-refractivity contribution < 1.29 is 63.2 Å². The number of anilines is 5. The first kappa shape index (κ1) is 98.5. The number of H-pyrrole nitrogens is 5. The molecule has 15 aromatic rings. The minimum Gasteiger partial charge on any atom is -0.457 e. The molecule has 0 saturated carbocycles. The lowest BCUT2D eigenvalue weighted by Crippen LogP contribution is -2.08. The molecule has 0 unspecified atom stereocenters. The summed E-state index contributed by atoms with van der Waals surface area (Å²) in [6, 6.07) is 52.7. The topological polar surface area (TPSA) is 314 Å². The van der Waals surface area contributed by atoms with Crippen molar-refractivity contribution in [3.63, 3.8) is 0 Å². The third-order valence-electron chi connectivity index (χ3n) is 17.2. The summed E-state index contributed by atoms with van der Waals surface area (Å²) in [6.07, 6.45) is -6.97. The Morgan fingerprint density at radius 2 is 0.643 bits per heavy atom. The predicted octanol–water partition coefficient (Wildman–Crippen LogP) is 27.8. The van der Waals surface area contributed by atoms with Gasteiger partial charge in [-0.15, -0.1) is 37.3 Å². The molecule has 0 radical (unpaired) electrons. The second-order valence-corrected chi connectivity index (χ2v) is 33.8. The number of aromatic nitrogens is 15. The Kier molecular flexibility index (Phi) is 35.0. The average Bonchev–Trinajstić information content (AvgIpc) is 1.23. The Balaban J connectivity index is 0.000000156. The van der Waals surface area contributed by atoms with Gasteiger partial charge in [-0.05, 0) is 245 Å². The molecule has 0 bridgehead atoms. The van der Waals surface area contributed by atoms with E-state index in [1.54, 1.807) is 94.1 Å².